The number of hydrogen-bond donors (Lipinski definition) is 3. The van der Waals surface area contributed by atoms with E-state index in [1.165, 1.54) is 4.90 Å². The topological polar surface area (TPSA) is 84.2 Å². The van der Waals surface area contributed by atoms with Gasteiger partial charge in [0.05, 0.1) is 11.5 Å². The van der Waals surface area contributed by atoms with Gasteiger partial charge in [-0.05, 0) is 44.2 Å². The van der Waals surface area contributed by atoms with Gasteiger partial charge in [0, 0.05) is 11.4 Å². The first-order valence-electron chi connectivity index (χ1n) is 7.33. The van der Waals surface area contributed by atoms with Gasteiger partial charge in [0.15, 0.2) is 0 Å². The zero-order valence-electron chi connectivity index (χ0n) is 13.6. The summed E-state index contributed by atoms with van der Waals surface area (Å²) in [5.74, 6) is 0.593. The molecule has 0 aliphatic carbocycles. The number of urea groups is 1. The van der Waals surface area contributed by atoms with Gasteiger partial charge < -0.3 is 16.4 Å². The van der Waals surface area contributed by atoms with Crippen molar-refractivity contribution in [2.24, 2.45) is 11.1 Å². The fourth-order valence-corrected chi connectivity index (χ4v) is 2.40. The Hall–Kier alpha value is -1.69. The minimum absolute atomic E-state index is 0.114. The number of rotatable bonds is 7. The van der Waals surface area contributed by atoms with Crippen molar-refractivity contribution in [3.8, 4) is 0 Å². The van der Waals surface area contributed by atoms with E-state index in [-0.39, 0.29) is 18.6 Å². The number of amides is 3. The van der Waals surface area contributed by atoms with E-state index in [2.05, 4.69) is 29.7 Å². The summed E-state index contributed by atoms with van der Waals surface area (Å²) in [6, 6.07) is 7.70. The maximum Gasteiger partial charge on any atom is 0.315 e. The molecule has 0 spiro atoms. The van der Waals surface area contributed by atoms with E-state index in [1.54, 1.807) is 25.6 Å². The Morgan fingerprint density at radius 1 is 1.27 bits per heavy atom. The van der Waals surface area contributed by atoms with Crippen LogP contribution in [0.5, 0.6) is 0 Å². The third-order valence-corrected chi connectivity index (χ3v) is 4.29. The molecule has 1 atom stereocenters. The molecule has 1 rings (SSSR count). The molecule has 0 bridgehead atoms. The highest BCUT2D eigenvalue weighted by Crippen LogP contribution is 2.20. The second-order valence-electron chi connectivity index (χ2n) is 5.80. The number of nitrogens with one attached hydrogen (secondary N) is 2. The van der Waals surface area contributed by atoms with Gasteiger partial charge in [-0.15, -0.1) is 11.8 Å². The van der Waals surface area contributed by atoms with E-state index in [1.807, 2.05) is 19.1 Å². The third kappa shape index (κ3) is 5.60. The Morgan fingerprint density at radius 3 is 2.36 bits per heavy atom. The van der Waals surface area contributed by atoms with Crippen molar-refractivity contribution in [2.75, 3.05) is 12.3 Å². The van der Waals surface area contributed by atoms with E-state index in [0.29, 0.717) is 0 Å². The highest BCUT2D eigenvalue weighted by molar-refractivity contribution is 7.99. The lowest BCUT2D eigenvalue weighted by Gasteiger charge is -2.22. The van der Waals surface area contributed by atoms with Crippen molar-refractivity contribution in [3.63, 3.8) is 0 Å². The van der Waals surface area contributed by atoms with E-state index in [0.717, 1.165) is 11.3 Å². The quantitative estimate of drug-likeness (QED) is 0.675. The summed E-state index contributed by atoms with van der Waals surface area (Å²) in [4.78, 5) is 24.3. The van der Waals surface area contributed by atoms with Gasteiger partial charge in [0.1, 0.15) is 0 Å². The number of carbonyl (C=O) groups is 2. The molecular weight excluding hydrogens is 298 g/mol. The Labute approximate surface area is 136 Å². The zero-order chi connectivity index (χ0) is 16.8. The second-order valence-corrected chi connectivity index (χ2v) is 7.14. The van der Waals surface area contributed by atoms with Crippen LogP contribution in [0, 0.1) is 5.41 Å². The summed E-state index contributed by atoms with van der Waals surface area (Å²) in [6.07, 6.45) is 0. The molecule has 122 valence electrons. The first-order chi connectivity index (χ1) is 10.3. The van der Waals surface area contributed by atoms with E-state index in [9.17, 15) is 9.59 Å². The average Bonchev–Trinajstić information content (AvgIpc) is 2.46. The van der Waals surface area contributed by atoms with Crippen LogP contribution in [0.4, 0.5) is 4.79 Å². The molecule has 0 saturated heterocycles. The minimum Gasteiger partial charge on any atom is -0.369 e. The van der Waals surface area contributed by atoms with Crippen LogP contribution in [-0.2, 0) is 4.79 Å². The van der Waals surface area contributed by atoms with Crippen LogP contribution in [0.1, 0.15) is 39.3 Å². The molecule has 0 unspecified atom stereocenters. The molecule has 0 aliphatic rings. The summed E-state index contributed by atoms with van der Waals surface area (Å²) in [6.45, 7) is 7.63. The molecule has 3 amide bonds. The van der Waals surface area contributed by atoms with E-state index >= 15 is 0 Å². The van der Waals surface area contributed by atoms with Crippen molar-refractivity contribution in [1.29, 1.82) is 0 Å². The summed E-state index contributed by atoms with van der Waals surface area (Å²) < 4.78 is 0. The average molecular weight is 323 g/mol. The molecule has 0 saturated carbocycles. The lowest BCUT2D eigenvalue weighted by atomic mass is 9.93. The first kappa shape index (κ1) is 18.4. The minimum atomic E-state index is -0.764. The summed E-state index contributed by atoms with van der Waals surface area (Å²) in [5.41, 5.74) is 5.54. The van der Waals surface area contributed by atoms with Crippen LogP contribution >= 0.6 is 11.8 Å². The third-order valence-electron chi connectivity index (χ3n) is 3.40. The predicted molar refractivity (Wildman–Crippen MR) is 90.8 cm³/mol. The van der Waals surface area contributed by atoms with Crippen LogP contribution in [0.3, 0.4) is 0 Å². The van der Waals surface area contributed by atoms with Crippen LogP contribution in [0.2, 0.25) is 0 Å². The molecule has 1 aromatic carbocycles. The SMILES string of the molecule is CCSc1ccc([C@H](C)NC(=O)NCC(C)(C)C(N)=O)cc1. The highest BCUT2D eigenvalue weighted by Gasteiger charge is 2.25. The molecule has 6 heteroatoms. The number of hydrogen-bond acceptors (Lipinski definition) is 3. The van der Waals surface area contributed by atoms with Gasteiger partial charge in [-0.1, -0.05) is 19.1 Å². The lowest BCUT2D eigenvalue weighted by Crippen LogP contribution is -2.46. The van der Waals surface area contributed by atoms with E-state index in [4.69, 9.17) is 5.73 Å². The predicted octanol–water partition coefficient (Wildman–Crippen LogP) is 2.67. The smallest absolute Gasteiger partial charge is 0.315 e. The normalized spacial score (nSPS) is 12.5. The number of carbonyl (C=O) groups excluding carboxylic acids is 2. The molecule has 0 aromatic heterocycles. The maximum absolute atomic E-state index is 11.9. The Kier molecular flexibility index (Phi) is 6.74. The number of thioether (sulfide) groups is 1. The monoisotopic (exact) mass is 323 g/mol. The van der Waals surface area contributed by atoms with E-state index < -0.39 is 11.3 Å². The Balaban J connectivity index is 2.51. The Morgan fingerprint density at radius 2 is 1.86 bits per heavy atom. The number of nitrogens with two attached hydrogens (primary N) is 1. The van der Waals surface area contributed by atoms with Gasteiger partial charge >= 0.3 is 6.03 Å². The summed E-state index contributed by atoms with van der Waals surface area (Å²) >= 11 is 1.78. The van der Waals surface area contributed by atoms with Gasteiger partial charge in [-0.25, -0.2) is 4.79 Å². The van der Waals surface area contributed by atoms with Crippen molar-refractivity contribution in [3.05, 3.63) is 29.8 Å². The Bertz CT molecular complexity index is 515. The molecule has 0 heterocycles. The lowest BCUT2D eigenvalue weighted by molar-refractivity contribution is -0.125. The fraction of sp³-hybridized carbons (Fsp3) is 0.500. The van der Waals surface area contributed by atoms with Gasteiger partial charge in [-0.2, -0.15) is 0 Å². The molecule has 0 fully saturated rings. The highest BCUT2D eigenvalue weighted by atomic mass is 32.2. The standard InChI is InChI=1S/C16H25N3O2S/c1-5-22-13-8-6-12(7-9-13)11(2)19-15(21)18-10-16(3,4)14(17)20/h6-9,11H,5,10H2,1-4H3,(H2,17,20)(H2,18,19,21)/t11-/m0/s1. The number of benzene rings is 1. The van der Waals surface area contributed by atoms with Gasteiger partial charge in [0.2, 0.25) is 5.91 Å². The molecular formula is C16H25N3O2S. The van der Waals surface area contributed by atoms with Crippen LogP contribution in [-0.4, -0.2) is 24.2 Å². The van der Waals surface area contributed by atoms with Crippen molar-refractivity contribution in [1.82, 2.24) is 10.6 Å². The second kappa shape index (κ2) is 8.08. The van der Waals surface area contributed by atoms with Crippen LogP contribution < -0.4 is 16.4 Å². The van der Waals surface area contributed by atoms with Crippen LogP contribution in [0.15, 0.2) is 29.2 Å². The maximum atomic E-state index is 11.9. The van der Waals surface area contributed by atoms with Crippen molar-refractivity contribution >= 4 is 23.7 Å². The fourth-order valence-electron chi connectivity index (χ4n) is 1.74. The summed E-state index contributed by atoms with van der Waals surface area (Å²) in [5, 5.41) is 5.53. The molecule has 5 nitrogen and oxygen atoms in total. The zero-order valence-corrected chi connectivity index (χ0v) is 14.4. The van der Waals surface area contributed by atoms with Crippen LogP contribution in [0.25, 0.3) is 0 Å². The number of primary amides is 1. The van der Waals surface area contributed by atoms with Gasteiger partial charge in [0.25, 0.3) is 0 Å². The molecule has 4 N–H and O–H groups in total. The van der Waals surface area contributed by atoms with Crippen molar-refractivity contribution in [2.45, 2.75) is 38.6 Å². The molecule has 0 radical (unpaired) electrons. The molecule has 0 aliphatic heterocycles. The molecule has 1 aromatic rings. The molecule has 22 heavy (non-hydrogen) atoms. The first-order valence-corrected chi connectivity index (χ1v) is 8.32. The van der Waals surface area contributed by atoms with Crippen molar-refractivity contribution < 1.29 is 9.59 Å². The largest absolute Gasteiger partial charge is 0.369 e. The van der Waals surface area contributed by atoms with Gasteiger partial charge in [-0.3, -0.25) is 4.79 Å². The summed E-state index contributed by atoms with van der Waals surface area (Å²) in [7, 11) is 0.